The molecule has 18 heteroatoms. The van der Waals surface area contributed by atoms with E-state index in [0.717, 1.165) is 54.5 Å². The number of carboxylic acids is 1. The zero-order valence-corrected chi connectivity index (χ0v) is 37.7. The summed E-state index contributed by atoms with van der Waals surface area (Å²) >= 11 is 0. The third-order valence-electron chi connectivity index (χ3n) is 10.4. The van der Waals surface area contributed by atoms with Gasteiger partial charge in [-0.25, -0.2) is 4.98 Å². The molecule has 354 valence electrons. The molecule has 0 aliphatic heterocycles. The molecule has 1 aliphatic carbocycles. The minimum absolute atomic E-state index is 0.0655. The molecule has 4 aromatic rings. The molecule has 0 fully saturated rings. The molecule has 3 aromatic carbocycles. The van der Waals surface area contributed by atoms with Crippen molar-refractivity contribution in [2.24, 2.45) is 5.10 Å². The summed E-state index contributed by atoms with van der Waals surface area (Å²) in [5.74, 6) is 0.936. The molecule has 7 N–H and O–H groups in total. The number of Topliss-reactive ketones (excluding diaryl/α,β-unsaturated/α-hetero) is 1. The number of hydrogen-bond acceptors (Lipinski definition) is 14. The second-order valence-corrected chi connectivity index (χ2v) is 16.7. The van der Waals surface area contributed by atoms with Crippen LogP contribution in [0.1, 0.15) is 94.3 Å². The second kappa shape index (κ2) is 26.6. The van der Waals surface area contributed by atoms with E-state index in [1.165, 1.54) is 18.5 Å². The van der Waals surface area contributed by atoms with Crippen LogP contribution in [0.5, 0.6) is 17.2 Å². The Labute approximate surface area is 386 Å². The number of pyridine rings is 1. The van der Waals surface area contributed by atoms with E-state index in [4.69, 9.17) is 18.9 Å². The van der Waals surface area contributed by atoms with Crippen molar-refractivity contribution in [3.8, 4) is 17.2 Å². The molecule has 1 heterocycles. The lowest BCUT2D eigenvalue weighted by molar-refractivity contribution is -0.137. The van der Waals surface area contributed by atoms with Gasteiger partial charge in [0, 0.05) is 60.8 Å². The van der Waals surface area contributed by atoms with Gasteiger partial charge < -0.3 is 48.3 Å². The summed E-state index contributed by atoms with van der Waals surface area (Å²) in [5.41, 5.74) is 6.89. The molecule has 0 radical (unpaired) electrons. The summed E-state index contributed by atoms with van der Waals surface area (Å²) in [4.78, 5) is 52.9. The van der Waals surface area contributed by atoms with Crippen LogP contribution in [-0.2, 0) is 33.6 Å². The summed E-state index contributed by atoms with van der Waals surface area (Å²) in [6.07, 6.45) is 10.7. The van der Waals surface area contributed by atoms with Gasteiger partial charge in [-0.1, -0.05) is 30.3 Å². The Morgan fingerprint density at radius 1 is 0.773 bits per heavy atom. The number of carbonyl (C=O) groups is 4. The van der Waals surface area contributed by atoms with Gasteiger partial charge >= 0.3 is 5.97 Å². The molecule has 0 unspecified atom stereocenters. The van der Waals surface area contributed by atoms with Crippen LogP contribution < -0.4 is 30.3 Å². The molecular weight excluding hydrogens is 871 g/mol. The van der Waals surface area contributed by atoms with Crippen LogP contribution in [0.3, 0.4) is 0 Å². The highest BCUT2D eigenvalue weighted by Gasteiger charge is 2.22. The number of ether oxygens (including phenoxy) is 4. The van der Waals surface area contributed by atoms with E-state index < -0.39 is 16.8 Å². The minimum Gasteiger partial charge on any atom is -0.493 e. The number of allylic oxidation sites excluding steroid dienone is 1. The molecular formula is C48H59N5O12S. The van der Waals surface area contributed by atoms with Gasteiger partial charge in [0.2, 0.25) is 5.91 Å². The number of aromatic nitrogens is 1. The topological polar surface area (TPSA) is 247 Å². The lowest BCUT2D eigenvalue weighted by atomic mass is 9.86. The Bertz CT molecular complexity index is 2280. The average Bonchev–Trinajstić information content (AvgIpc) is 3.30. The van der Waals surface area contributed by atoms with Crippen LogP contribution in [0, 0.1) is 0 Å². The van der Waals surface area contributed by atoms with Gasteiger partial charge in [0.1, 0.15) is 33.9 Å². The van der Waals surface area contributed by atoms with Crippen LogP contribution >= 0.6 is 10.9 Å². The number of nitrogens with zero attached hydrogens (tertiary/aromatic N) is 2. The van der Waals surface area contributed by atoms with Crippen molar-refractivity contribution < 1.29 is 56.9 Å². The molecule has 17 nitrogen and oxygen atoms in total. The number of amides is 2. The standard InChI is InChI=1S/C48H59N5O12S/c1-2-11-38-36-13-8-14-40(54)37(36)20-22-43(38)64-28-7-3-6-27-63-41-15-9-16-42(39(41)21-24-47(56)57)65-29-10-18-46(55)49-25-30-62-31-26-50-48(58)35-19-23-45(51-32-35)53-52-33-34-12-4-5-17-44(34)66(59,60)61/h2,4-5,9,12,15-17,19-20,22-23,32-33,59-61H,1,3,6-8,10-11,13-14,18,21,24-31H2,(H,49,55)(H,50,58)(H,51,53)(H,56,57)/b52-33+. The highest BCUT2D eigenvalue weighted by molar-refractivity contribution is 8.19. The number of benzene rings is 3. The molecule has 1 aromatic heterocycles. The van der Waals surface area contributed by atoms with Gasteiger partial charge in [-0.3, -0.25) is 24.6 Å². The van der Waals surface area contributed by atoms with Crippen LogP contribution in [0.15, 0.2) is 95.6 Å². The van der Waals surface area contributed by atoms with Gasteiger partial charge in [0.25, 0.3) is 5.91 Å². The van der Waals surface area contributed by atoms with Gasteiger partial charge in [-0.05, 0) is 99.4 Å². The van der Waals surface area contributed by atoms with E-state index in [1.807, 2.05) is 18.2 Å². The van der Waals surface area contributed by atoms with Crippen molar-refractivity contribution in [2.45, 2.75) is 75.5 Å². The normalized spacial score (nSPS) is 12.6. The highest BCUT2D eigenvalue weighted by atomic mass is 32.3. The zero-order chi connectivity index (χ0) is 47.2. The SMILES string of the molecule is C=CCc1c(OCCCCCOc2cccc(OCCCC(=O)NCCOCCNC(=O)c3ccc(N/N=C/c4ccccc4S(O)(O)O)nc3)c2CCC(=O)O)ccc2c1CCCC2=O. The number of unbranched alkanes of at least 4 members (excludes halogenated alkanes) is 2. The van der Waals surface area contributed by atoms with E-state index in [-0.39, 0.29) is 74.7 Å². The first kappa shape index (κ1) is 50.7. The van der Waals surface area contributed by atoms with Crippen molar-refractivity contribution in [1.82, 2.24) is 15.6 Å². The lowest BCUT2D eigenvalue weighted by Crippen LogP contribution is -2.30. The van der Waals surface area contributed by atoms with Crippen LogP contribution in [0.2, 0.25) is 0 Å². The maximum absolute atomic E-state index is 12.5. The van der Waals surface area contributed by atoms with E-state index in [2.05, 4.69) is 32.7 Å². The van der Waals surface area contributed by atoms with Crippen molar-refractivity contribution in [2.75, 3.05) is 51.5 Å². The third kappa shape index (κ3) is 16.3. The summed E-state index contributed by atoms with van der Waals surface area (Å²) in [5, 5.41) is 18.9. The van der Waals surface area contributed by atoms with Gasteiger partial charge in [0.15, 0.2) is 5.78 Å². The lowest BCUT2D eigenvalue weighted by Gasteiger charge is -2.21. The molecule has 1 aliphatic rings. The fraction of sp³-hybridized carbons (Fsp3) is 0.375. The first-order chi connectivity index (χ1) is 31.9. The summed E-state index contributed by atoms with van der Waals surface area (Å²) in [6.45, 7) is 6.06. The van der Waals surface area contributed by atoms with Crippen molar-refractivity contribution in [3.05, 3.63) is 119 Å². The Kier molecular flexibility index (Phi) is 20.4. The van der Waals surface area contributed by atoms with E-state index in [0.29, 0.717) is 66.5 Å². The molecule has 0 spiro atoms. The fourth-order valence-corrected chi connectivity index (χ4v) is 7.83. The number of hydrogen-bond donors (Lipinski definition) is 7. The number of ketones is 1. The molecule has 0 saturated heterocycles. The monoisotopic (exact) mass is 929 g/mol. The Morgan fingerprint density at radius 2 is 1.47 bits per heavy atom. The quantitative estimate of drug-likeness (QED) is 0.0119. The Balaban J connectivity index is 0.931. The number of aliphatic carboxylic acids is 1. The smallest absolute Gasteiger partial charge is 0.303 e. The average molecular weight is 930 g/mol. The summed E-state index contributed by atoms with van der Waals surface area (Å²) < 4.78 is 52.6. The Morgan fingerprint density at radius 3 is 2.15 bits per heavy atom. The molecule has 0 bridgehead atoms. The first-order valence-corrected chi connectivity index (χ1v) is 23.4. The number of nitrogens with one attached hydrogen (secondary N) is 3. The molecule has 66 heavy (non-hydrogen) atoms. The van der Waals surface area contributed by atoms with Gasteiger partial charge in [-0.2, -0.15) is 5.10 Å². The first-order valence-electron chi connectivity index (χ1n) is 21.9. The minimum atomic E-state index is -3.92. The molecule has 5 rings (SSSR count). The van der Waals surface area contributed by atoms with Crippen molar-refractivity contribution >= 4 is 46.5 Å². The van der Waals surface area contributed by atoms with Crippen molar-refractivity contribution in [3.63, 3.8) is 0 Å². The number of hydrazone groups is 1. The van der Waals surface area contributed by atoms with Crippen LogP contribution in [0.4, 0.5) is 5.82 Å². The van der Waals surface area contributed by atoms with Gasteiger partial charge in [-0.15, -0.1) is 6.58 Å². The maximum Gasteiger partial charge on any atom is 0.303 e. The third-order valence-corrected chi connectivity index (χ3v) is 11.3. The summed E-state index contributed by atoms with van der Waals surface area (Å²) in [6, 6.07) is 18.4. The van der Waals surface area contributed by atoms with E-state index >= 15 is 0 Å². The zero-order valence-electron chi connectivity index (χ0n) is 36.9. The maximum atomic E-state index is 12.5. The second-order valence-electron chi connectivity index (χ2n) is 15.3. The molecule has 0 saturated carbocycles. The largest absolute Gasteiger partial charge is 0.493 e. The number of fused-ring (bicyclic) bond motifs is 1. The van der Waals surface area contributed by atoms with Gasteiger partial charge in [0.05, 0.1) is 49.7 Å². The van der Waals surface area contributed by atoms with Crippen LogP contribution in [-0.4, -0.2) is 99.7 Å². The summed E-state index contributed by atoms with van der Waals surface area (Å²) in [7, 11) is -3.92. The number of rotatable bonds is 29. The van der Waals surface area contributed by atoms with E-state index in [9.17, 15) is 37.9 Å². The fourth-order valence-electron chi connectivity index (χ4n) is 7.13. The predicted octanol–water partition coefficient (Wildman–Crippen LogP) is 7.72. The number of anilines is 1. The van der Waals surface area contributed by atoms with Crippen molar-refractivity contribution in [1.29, 1.82) is 0 Å². The molecule has 0 atom stereocenters. The Hall–Kier alpha value is -6.31. The number of carboxylic acid groups (broad SMARTS) is 1. The van der Waals surface area contributed by atoms with E-state index in [1.54, 1.807) is 48.5 Å². The molecule has 2 amide bonds. The highest BCUT2D eigenvalue weighted by Crippen LogP contribution is 2.44. The predicted molar refractivity (Wildman–Crippen MR) is 251 cm³/mol. The number of carbonyl (C=O) groups excluding carboxylic acids is 3. The van der Waals surface area contributed by atoms with Crippen LogP contribution in [0.25, 0.3) is 0 Å².